The third-order valence-corrected chi connectivity index (χ3v) is 1.80. The molecule has 14 heavy (non-hydrogen) atoms. The number of carbonyl (C=O) groups is 1. The lowest BCUT2D eigenvalue weighted by atomic mass is 10.4. The van der Waals surface area contributed by atoms with E-state index in [0.717, 1.165) is 5.82 Å². The van der Waals surface area contributed by atoms with E-state index in [-0.39, 0.29) is 12.1 Å². The van der Waals surface area contributed by atoms with Crippen molar-refractivity contribution in [1.82, 2.24) is 14.7 Å². The average Bonchev–Trinajstić information content (AvgIpc) is 2.52. The van der Waals surface area contributed by atoms with Crippen molar-refractivity contribution >= 4 is 11.8 Å². The summed E-state index contributed by atoms with van der Waals surface area (Å²) in [5.41, 5.74) is 0. The van der Waals surface area contributed by atoms with Gasteiger partial charge in [-0.1, -0.05) is 0 Å². The summed E-state index contributed by atoms with van der Waals surface area (Å²) in [6, 6.07) is 1.87. The van der Waals surface area contributed by atoms with E-state index < -0.39 is 0 Å². The molecule has 2 amide bonds. The summed E-state index contributed by atoms with van der Waals surface area (Å²) < 4.78 is 1.77. The van der Waals surface area contributed by atoms with Crippen molar-refractivity contribution in [3.63, 3.8) is 0 Å². The van der Waals surface area contributed by atoms with Gasteiger partial charge in [-0.05, 0) is 13.8 Å². The zero-order valence-electron chi connectivity index (χ0n) is 8.98. The van der Waals surface area contributed by atoms with Crippen LogP contribution in [0.4, 0.5) is 10.6 Å². The van der Waals surface area contributed by atoms with E-state index in [2.05, 4.69) is 10.4 Å². The van der Waals surface area contributed by atoms with Crippen LogP contribution in [-0.4, -0.2) is 34.8 Å². The molecule has 0 aliphatic heterocycles. The number of aromatic nitrogens is 2. The van der Waals surface area contributed by atoms with Gasteiger partial charge in [-0.25, -0.2) is 9.48 Å². The van der Waals surface area contributed by atoms with Gasteiger partial charge >= 0.3 is 6.03 Å². The van der Waals surface area contributed by atoms with E-state index in [1.807, 2.05) is 13.8 Å². The molecule has 0 aliphatic rings. The van der Waals surface area contributed by atoms with Crippen LogP contribution in [0.2, 0.25) is 0 Å². The van der Waals surface area contributed by atoms with Gasteiger partial charge in [-0.15, -0.1) is 0 Å². The normalized spacial score (nSPS) is 10.4. The molecule has 0 atom stereocenters. The fourth-order valence-corrected chi connectivity index (χ4v) is 1.05. The van der Waals surface area contributed by atoms with Gasteiger partial charge in [0.05, 0.1) is 6.20 Å². The number of carbonyl (C=O) groups excluding carboxylic acids is 1. The first-order chi connectivity index (χ1) is 6.52. The number of amides is 2. The van der Waals surface area contributed by atoms with Gasteiger partial charge in [-0.3, -0.25) is 5.32 Å². The van der Waals surface area contributed by atoms with Crippen LogP contribution in [0.1, 0.15) is 19.9 Å². The second-order valence-electron chi connectivity index (χ2n) is 3.58. The van der Waals surface area contributed by atoms with Crippen LogP contribution < -0.4 is 5.32 Å². The molecule has 0 aliphatic carbocycles. The van der Waals surface area contributed by atoms with Crippen LogP contribution in [-0.2, 0) is 0 Å². The molecule has 1 rings (SSSR count). The summed E-state index contributed by atoms with van der Waals surface area (Å²) in [7, 11) is 3.40. The van der Waals surface area contributed by atoms with Gasteiger partial charge in [0, 0.05) is 26.2 Å². The van der Waals surface area contributed by atoms with Gasteiger partial charge in [0.15, 0.2) is 0 Å². The van der Waals surface area contributed by atoms with E-state index in [4.69, 9.17) is 0 Å². The first-order valence-corrected chi connectivity index (χ1v) is 4.54. The Morgan fingerprint density at radius 1 is 1.57 bits per heavy atom. The highest BCUT2D eigenvalue weighted by Gasteiger charge is 2.09. The number of urea groups is 1. The Labute approximate surface area is 83.7 Å². The lowest BCUT2D eigenvalue weighted by Gasteiger charge is -2.14. The smallest absolute Gasteiger partial charge is 0.322 e. The average molecular weight is 196 g/mol. The fraction of sp³-hybridized carbons (Fsp3) is 0.556. The van der Waals surface area contributed by atoms with E-state index in [0.29, 0.717) is 0 Å². The Balaban J connectivity index is 2.76. The molecule has 0 bridgehead atoms. The summed E-state index contributed by atoms with van der Waals surface area (Å²) in [6.45, 7) is 4.02. The third-order valence-electron chi connectivity index (χ3n) is 1.80. The molecule has 0 saturated carbocycles. The minimum Gasteiger partial charge on any atom is -0.331 e. The molecule has 0 unspecified atom stereocenters. The van der Waals surface area contributed by atoms with Gasteiger partial charge in [0.1, 0.15) is 5.82 Å². The molecule has 0 aromatic carbocycles. The summed E-state index contributed by atoms with van der Waals surface area (Å²) in [5.74, 6) is 0.721. The largest absolute Gasteiger partial charge is 0.331 e. The second-order valence-corrected chi connectivity index (χ2v) is 3.58. The van der Waals surface area contributed by atoms with E-state index >= 15 is 0 Å². The Bertz CT molecular complexity index is 316. The zero-order valence-corrected chi connectivity index (χ0v) is 8.98. The minimum atomic E-state index is -0.146. The monoisotopic (exact) mass is 196 g/mol. The van der Waals surface area contributed by atoms with Gasteiger partial charge in [0.2, 0.25) is 0 Å². The van der Waals surface area contributed by atoms with Gasteiger partial charge < -0.3 is 4.90 Å². The summed E-state index contributed by atoms with van der Waals surface area (Å²) in [5, 5.41) is 6.87. The number of nitrogens with zero attached hydrogens (tertiary/aromatic N) is 3. The van der Waals surface area contributed by atoms with Crippen molar-refractivity contribution in [2.45, 2.75) is 19.9 Å². The van der Waals surface area contributed by atoms with Crippen LogP contribution in [0.5, 0.6) is 0 Å². The maximum absolute atomic E-state index is 11.4. The van der Waals surface area contributed by atoms with Crippen molar-refractivity contribution in [2.75, 3.05) is 19.4 Å². The van der Waals surface area contributed by atoms with Crippen molar-refractivity contribution in [3.05, 3.63) is 12.3 Å². The van der Waals surface area contributed by atoms with Crippen LogP contribution in [0.3, 0.4) is 0 Å². The highest BCUT2D eigenvalue weighted by molar-refractivity contribution is 5.87. The lowest BCUT2D eigenvalue weighted by Crippen LogP contribution is -2.28. The summed E-state index contributed by atoms with van der Waals surface area (Å²) in [6.07, 6.45) is 1.67. The quantitative estimate of drug-likeness (QED) is 0.780. The number of hydrogen-bond donors (Lipinski definition) is 1. The summed E-state index contributed by atoms with van der Waals surface area (Å²) >= 11 is 0. The van der Waals surface area contributed by atoms with Crippen molar-refractivity contribution in [2.24, 2.45) is 0 Å². The molecular weight excluding hydrogens is 180 g/mol. The molecule has 1 N–H and O–H groups in total. The molecule has 0 radical (unpaired) electrons. The molecule has 0 spiro atoms. The topological polar surface area (TPSA) is 50.2 Å². The number of anilines is 1. The predicted octanol–water partition coefficient (Wildman–Crippen LogP) is 1.56. The Kier molecular flexibility index (Phi) is 3.11. The number of nitrogens with one attached hydrogen (secondary N) is 1. The standard InChI is InChI=1S/C9H16N4O/c1-7(2)13-8(5-6-10-13)11-9(14)12(3)4/h5-7H,1-4H3,(H,11,14). The van der Waals surface area contributed by atoms with Gasteiger partial charge in [-0.2, -0.15) is 5.10 Å². The molecule has 1 aromatic heterocycles. The van der Waals surface area contributed by atoms with Crippen molar-refractivity contribution in [3.8, 4) is 0 Å². The zero-order chi connectivity index (χ0) is 10.7. The lowest BCUT2D eigenvalue weighted by molar-refractivity contribution is 0.230. The molecule has 78 valence electrons. The molecule has 5 heteroatoms. The van der Waals surface area contributed by atoms with Crippen molar-refractivity contribution in [1.29, 1.82) is 0 Å². The fourth-order valence-electron chi connectivity index (χ4n) is 1.05. The predicted molar refractivity (Wildman–Crippen MR) is 55.3 cm³/mol. The van der Waals surface area contributed by atoms with E-state index in [1.54, 1.807) is 31.0 Å². The maximum Gasteiger partial charge on any atom is 0.322 e. The summed E-state index contributed by atoms with van der Waals surface area (Å²) in [4.78, 5) is 12.8. The maximum atomic E-state index is 11.4. The first-order valence-electron chi connectivity index (χ1n) is 4.54. The number of hydrogen-bond acceptors (Lipinski definition) is 2. The highest BCUT2D eigenvalue weighted by Crippen LogP contribution is 2.12. The van der Waals surface area contributed by atoms with Crippen LogP contribution in [0.25, 0.3) is 0 Å². The molecule has 0 saturated heterocycles. The molecule has 5 nitrogen and oxygen atoms in total. The molecular formula is C9H16N4O. The first kappa shape index (κ1) is 10.6. The Morgan fingerprint density at radius 2 is 2.21 bits per heavy atom. The SMILES string of the molecule is CC(C)n1nccc1NC(=O)N(C)C. The molecule has 0 fully saturated rings. The third kappa shape index (κ3) is 2.25. The Morgan fingerprint density at radius 3 is 2.71 bits per heavy atom. The molecule has 1 aromatic rings. The highest BCUT2D eigenvalue weighted by atomic mass is 16.2. The molecule has 1 heterocycles. The number of rotatable bonds is 2. The van der Waals surface area contributed by atoms with Crippen LogP contribution in [0.15, 0.2) is 12.3 Å². The van der Waals surface area contributed by atoms with Crippen LogP contribution >= 0.6 is 0 Å². The van der Waals surface area contributed by atoms with Crippen molar-refractivity contribution < 1.29 is 4.79 Å². The minimum absolute atomic E-state index is 0.146. The second kappa shape index (κ2) is 4.13. The Hall–Kier alpha value is -1.52. The van der Waals surface area contributed by atoms with Gasteiger partial charge in [0.25, 0.3) is 0 Å². The van der Waals surface area contributed by atoms with E-state index in [9.17, 15) is 4.79 Å². The van der Waals surface area contributed by atoms with Crippen LogP contribution in [0, 0.1) is 0 Å². The van der Waals surface area contributed by atoms with E-state index in [1.165, 1.54) is 4.90 Å².